The first-order valence-electron chi connectivity index (χ1n) is 5.99. The SMILES string of the molecule is CCc1ccccc1NC(=O)c1cnccc1C#N. The molecule has 2 aromatic rings. The molecule has 0 spiro atoms. The summed E-state index contributed by atoms with van der Waals surface area (Å²) in [6.45, 7) is 2.02. The number of rotatable bonds is 3. The van der Waals surface area contributed by atoms with E-state index < -0.39 is 0 Å². The van der Waals surface area contributed by atoms with Crippen molar-refractivity contribution in [3.05, 3.63) is 59.4 Å². The summed E-state index contributed by atoms with van der Waals surface area (Å²) in [5, 5.41) is 11.8. The molecule has 1 aromatic carbocycles. The zero-order valence-corrected chi connectivity index (χ0v) is 10.6. The number of carbonyl (C=O) groups excluding carboxylic acids is 1. The number of carbonyl (C=O) groups is 1. The van der Waals surface area contributed by atoms with E-state index >= 15 is 0 Å². The van der Waals surface area contributed by atoms with Crippen LogP contribution in [0.4, 0.5) is 5.69 Å². The van der Waals surface area contributed by atoms with Gasteiger partial charge in [-0.1, -0.05) is 25.1 Å². The highest BCUT2D eigenvalue weighted by molar-refractivity contribution is 6.06. The number of pyridine rings is 1. The lowest BCUT2D eigenvalue weighted by atomic mass is 10.1. The predicted octanol–water partition coefficient (Wildman–Crippen LogP) is 2.77. The minimum absolute atomic E-state index is 0.288. The van der Waals surface area contributed by atoms with Gasteiger partial charge in [0, 0.05) is 18.1 Å². The summed E-state index contributed by atoms with van der Waals surface area (Å²) in [7, 11) is 0. The minimum atomic E-state index is -0.314. The lowest BCUT2D eigenvalue weighted by Gasteiger charge is -2.10. The van der Waals surface area contributed by atoms with Crippen LogP contribution in [-0.4, -0.2) is 10.9 Å². The molecule has 0 saturated carbocycles. The van der Waals surface area contributed by atoms with Crippen molar-refractivity contribution in [3.8, 4) is 6.07 Å². The fourth-order valence-corrected chi connectivity index (χ4v) is 1.81. The second-order valence-corrected chi connectivity index (χ2v) is 4.00. The first kappa shape index (κ1) is 12.8. The molecule has 0 radical (unpaired) electrons. The highest BCUT2D eigenvalue weighted by atomic mass is 16.1. The van der Waals surface area contributed by atoms with E-state index in [2.05, 4.69) is 10.3 Å². The second kappa shape index (κ2) is 5.78. The summed E-state index contributed by atoms with van der Waals surface area (Å²) in [6, 6.07) is 11.1. The first-order chi connectivity index (χ1) is 9.26. The number of hydrogen-bond donors (Lipinski definition) is 1. The molecule has 1 amide bonds. The van der Waals surface area contributed by atoms with Gasteiger partial charge >= 0.3 is 0 Å². The number of nitrogens with one attached hydrogen (secondary N) is 1. The minimum Gasteiger partial charge on any atom is -0.322 e. The number of nitrogens with zero attached hydrogens (tertiary/aromatic N) is 2. The molecular formula is C15H13N3O. The van der Waals surface area contributed by atoms with Crippen LogP contribution in [0, 0.1) is 11.3 Å². The van der Waals surface area contributed by atoms with E-state index in [0.717, 1.165) is 17.7 Å². The molecule has 1 heterocycles. The summed E-state index contributed by atoms with van der Waals surface area (Å²) >= 11 is 0. The zero-order chi connectivity index (χ0) is 13.7. The van der Waals surface area contributed by atoms with Gasteiger partial charge < -0.3 is 5.32 Å². The standard InChI is InChI=1S/C15H13N3O/c1-2-11-5-3-4-6-14(11)18-15(19)13-10-17-8-7-12(13)9-16/h3-8,10H,2H2,1H3,(H,18,19). The number of hydrogen-bond acceptors (Lipinski definition) is 3. The van der Waals surface area contributed by atoms with E-state index in [1.165, 1.54) is 18.5 Å². The van der Waals surface area contributed by atoms with E-state index in [-0.39, 0.29) is 11.5 Å². The number of benzene rings is 1. The van der Waals surface area contributed by atoms with Crippen LogP contribution in [0.25, 0.3) is 0 Å². The van der Waals surface area contributed by atoms with E-state index in [4.69, 9.17) is 5.26 Å². The second-order valence-electron chi connectivity index (χ2n) is 4.00. The third kappa shape index (κ3) is 2.78. The van der Waals surface area contributed by atoms with Gasteiger partial charge in [-0.05, 0) is 24.1 Å². The average molecular weight is 251 g/mol. The van der Waals surface area contributed by atoms with Crippen LogP contribution in [0.5, 0.6) is 0 Å². The number of aryl methyl sites for hydroxylation is 1. The van der Waals surface area contributed by atoms with Gasteiger partial charge in [0.25, 0.3) is 5.91 Å². The molecule has 2 rings (SSSR count). The molecule has 0 aliphatic heterocycles. The maximum Gasteiger partial charge on any atom is 0.258 e. The highest BCUT2D eigenvalue weighted by Crippen LogP contribution is 2.17. The Morgan fingerprint density at radius 2 is 2.16 bits per heavy atom. The molecule has 4 heteroatoms. The molecule has 94 valence electrons. The van der Waals surface area contributed by atoms with Crippen LogP contribution in [0.3, 0.4) is 0 Å². The molecule has 0 fully saturated rings. The van der Waals surface area contributed by atoms with Gasteiger partial charge in [0.2, 0.25) is 0 Å². The molecule has 0 bridgehead atoms. The van der Waals surface area contributed by atoms with Crippen molar-refractivity contribution in [3.63, 3.8) is 0 Å². The lowest BCUT2D eigenvalue weighted by Crippen LogP contribution is -2.15. The number of para-hydroxylation sites is 1. The Hall–Kier alpha value is -2.67. The Bertz CT molecular complexity index is 644. The van der Waals surface area contributed by atoms with E-state index in [1.54, 1.807) is 0 Å². The molecule has 0 unspecified atom stereocenters. The molecule has 1 N–H and O–H groups in total. The summed E-state index contributed by atoms with van der Waals surface area (Å²) in [4.78, 5) is 16.0. The number of anilines is 1. The zero-order valence-electron chi connectivity index (χ0n) is 10.6. The maximum absolute atomic E-state index is 12.2. The molecule has 4 nitrogen and oxygen atoms in total. The van der Waals surface area contributed by atoms with Crippen LogP contribution in [0.1, 0.15) is 28.4 Å². The van der Waals surface area contributed by atoms with Crippen molar-refractivity contribution in [2.45, 2.75) is 13.3 Å². The van der Waals surface area contributed by atoms with Crippen molar-refractivity contribution < 1.29 is 4.79 Å². The first-order valence-corrected chi connectivity index (χ1v) is 5.99. The Morgan fingerprint density at radius 1 is 1.37 bits per heavy atom. The number of aromatic nitrogens is 1. The van der Waals surface area contributed by atoms with Gasteiger partial charge in [-0.2, -0.15) is 5.26 Å². The third-order valence-electron chi connectivity index (χ3n) is 2.83. The van der Waals surface area contributed by atoms with Crippen LogP contribution in [0.15, 0.2) is 42.7 Å². The number of nitriles is 1. The Balaban J connectivity index is 2.29. The Morgan fingerprint density at radius 3 is 2.89 bits per heavy atom. The molecule has 1 aromatic heterocycles. The van der Waals surface area contributed by atoms with Gasteiger partial charge in [-0.25, -0.2) is 0 Å². The van der Waals surface area contributed by atoms with Crippen LogP contribution >= 0.6 is 0 Å². The predicted molar refractivity (Wildman–Crippen MR) is 72.7 cm³/mol. The van der Waals surface area contributed by atoms with E-state index in [0.29, 0.717) is 5.56 Å². The Labute approximate surface area is 111 Å². The Kier molecular flexibility index (Phi) is 3.89. The van der Waals surface area contributed by atoms with E-state index in [1.807, 2.05) is 37.3 Å². The highest BCUT2D eigenvalue weighted by Gasteiger charge is 2.12. The van der Waals surface area contributed by atoms with Crippen molar-refractivity contribution in [2.24, 2.45) is 0 Å². The fourth-order valence-electron chi connectivity index (χ4n) is 1.81. The average Bonchev–Trinajstić information content (AvgIpc) is 2.47. The van der Waals surface area contributed by atoms with Crippen LogP contribution in [0.2, 0.25) is 0 Å². The van der Waals surface area contributed by atoms with Crippen molar-refractivity contribution >= 4 is 11.6 Å². The third-order valence-corrected chi connectivity index (χ3v) is 2.83. The lowest BCUT2D eigenvalue weighted by molar-refractivity contribution is 0.102. The van der Waals surface area contributed by atoms with Crippen molar-refractivity contribution in [1.82, 2.24) is 4.98 Å². The quantitative estimate of drug-likeness (QED) is 0.912. The van der Waals surface area contributed by atoms with Gasteiger partial charge in [0.05, 0.1) is 11.1 Å². The molecule has 0 aliphatic carbocycles. The molecule has 0 aliphatic rings. The summed E-state index contributed by atoms with van der Waals surface area (Å²) in [5.74, 6) is -0.314. The van der Waals surface area contributed by atoms with E-state index in [9.17, 15) is 4.79 Å². The molecule has 0 atom stereocenters. The largest absolute Gasteiger partial charge is 0.322 e. The van der Waals surface area contributed by atoms with Crippen LogP contribution < -0.4 is 5.32 Å². The fraction of sp³-hybridized carbons (Fsp3) is 0.133. The van der Waals surface area contributed by atoms with Gasteiger partial charge in [0.1, 0.15) is 6.07 Å². The molecular weight excluding hydrogens is 238 g/mol. The summed E-state index contributed by atoms with van der Waals surface area (Å²) in [6.07, 6.45) is 3.73. The molecule has 19 heavy (non-hydrogen) atoms. The van der Waals surface area contributed by atoms with Crippen LogP contribution in [-0.2, 0) is 6.42 Å². The van der Waals surface area contributed by atoms with Gasteiger partial charge in [-0.3, -0.25) is 9.78 Å². The van der Waals surface area contributed by atoms with Gasteiger partial charge in [0.15, 0.2) is 0 Å². The normalized spacial score (nSPS) is 9.68. The smallest absolute Gasteiger partial charge is 0.258 e. The summed E-state index contributed by atoms with van der Waals surface area (Å²) < 4.78 is 0. The number of amides is 1. The molecule has 0 saturated heterocycles. The van der Waals surface area contributed by atoms with Gasteiger partial charge in [-0.15, -0.1) is 0 Å². The monoisotopic (exact) mass is 251 g/mol. The maximum atomic E-state index is 12.2. The summed E-state index contributed by atoms with van der Waals surface area (Å²) in [5.41, 5.74) is 2.43. The van der Waals surface area contributed by atoms with Crippen molar-refractivity contribution in [2.75, 3.05) is 5.32 Å². The topological polar surface area (TPSA) is 65.8 Å². The van der Waals surface area contributed by atoms with Crippen molar-refractivity contribution in [1.29, 1.82) is 5.26 Å².